The summed E-state index contributed by atoms with van der Waals surface area (Å²) in [4.78, 5) is 12.4. The molecule has 1 aliphatic rings. The van der Waals surface area contributed by atoms with E-state index in [1.807, 2.05) is 37.3 Å². The number of esters is 1. The van der Waals surface area contributed by atoms with Crippen molar-refractivity contribution in [1.29, 1.82) is 0 Å². The van der Waals surface area contributed by atoms with Gasteiger partial charge in [0.15, 0.2) is 11.5 Å². The Morgan fingerprint density at radius 3 is 2.61 bits per heavy atom. The van der Waals surface area contributed by atoms with Crippen LogP contribution in [0.4, 0.5) is 0 Å². The summed E-state index contributed by atoms with van der Waals surface area (Å²) in [5.74, 6) is 1.04. The number of rotatable bonds is 4. The first kappa shape index (κ1) is 15.2. The number of carbonyl (C=O) groups excluding carboxylic acids is 1. The Hall–Kier alpha value is -2.69. The lowest BCUT2D eigenvalue weighted by Crippen LogP contribution is -2.17. The van der Waals surface area contributed by atoms with Crippen molar-refractivity contribution in [2.45, 2.75) is 13.0 Å². The highest BCUT2D eigenvalue weighted by Gasteiger charge is 2.22. The van der Waals surface area contributed by atoms with Crippen molar-refractivity contribution in [3.63, 3.8) is 0 Å². The van der Waals surface area contributed by atoms with Crippen molar-refractivity contribution in [1.82, 2.24) is 0 Å². The van der Waals surface area contributed by atoms with E-state index < -0.39 is 5.97 Å². The minimum atomic E-state index is -0.434. The maximum atomic E-state index is 12.4. The molecule has 2 aromatic rings. The van der Waals surface area contributed by atoms with E-state index in [1.165, 1.54) is 7.11 Å². The fourth-order valence-corrected chi connectivity index (χ4v) is 2.41. The van der Waals surface area contributed by atoms with E-state index >= 15 is 0 Å². The zero-order valence-corrected chi connectivity index (χ0v) is 13.1. The predicted molar refractivity (Wildman–Crippen MR) is 84.3 cm³/mol. The SMILES string of the molecule is COc1cc(C(=O)O[C@H](C)c2ccccc2)cc2c1OCCO2. The highest BCUT2D eigenvalue weighted by atomic mass is 16.6. The van der Waals surface area contributed by atoms with Crippen LogP contribution in [0.2, 0.25) is 0 Å². The average molecular weight is 314 g/mol. The maximum Gasteiger partial charge on any atom is 0.339 e. The highest BCUT2D eigenvalue weighted by molar-refractivity contribution is 5.91. The predicted octanol–water partition coefficient (Wildman–Crippen LogP) is 3.38. The number of carbonyl (C=O) groups is 1. The van der Waals surface area contributed by atoms with Crippen molar-refractivity contribution in [3.8, 4) is 17.2 Å². The molecule has 5 nitrogen and oxygen atoms in total. The molecule has 0 bridgehead atoms. The molecule has 0 fully saturated rings. The second-order valence-electron chi connectivity index (χ2n) is 5.16. The molecule has 0 saturated heterocycles. The van der Waals surface area contributed by atoms with E-state index in [0.29, 0.717) is 36.0 Å². The zero-order chi connectivity index (χ0) is 16.2. The molecule has 1 aliphatic heterocycles. The van der Waals surface area contributed by atoms with Gasteiger partial charge in [-0.1, -0.05) is 30.3 Å². The van der Waals surface area contributed by atoms with Gasteiger partial charge in [0.2, 0.25) is 5.75 Å². The molecule has 0 spiro atoms. The number of hydrogen-bond donors (Lipinski definition) is 0. The molecule has 1 atom stereocenters. The molecule has 0 aromatic heterocycles. The van der Waals surface area contributed by atoms with Gasteiger partial charge in [0.1, 0.15) is 19.3 Å². The fraction of sp³-hybridized carbons (Fsp3) is 0.278. The summed E-state index contributed by atoms with van der Waals surface area (Å²) in [5, 5.41) is 0. The van der Waals surface area contributed by atoms with Crippen LogP contribution in [0.3, 0.4) is 0 Å². The van der Waals surface area contributed by atoms with Crippen molar-refractivity contribution in [2.75, 3.05) is 20.3 Å². The lowest BCUT2D eigenvalue weighted by Gasteiger charge is -2.21. The largest absolute Gasteiger partial charge is 0.493 e. The summed E-state index contributed by atoms with van der Waals surface area (Å²) in [5.41, 5.74) is 1.30. The van der Waals surface area contributed by atoms with Gasteiger partial charge < -0.3 is 18.9 Å². The summed E-state index contributed by atoms with van der Waals surface area (Å²) >= 11 is 0. The molecule has 0 N–H and O–H groups in total. The summed E-state index contributed by atoms with van der Waals surface area (Å²) in [6.07, 6.45) is -0.345. The minimum Gasteiger partial charge on any atom is -0.493 e. The molecule has 120 valence electrons. The van der Waals surface area contributed by atoms with Gasteiger partial charge in [-0.2, -0.15) is 0 Å². The van der Waals surface area contributed by atoms with E-state index in [1.54, 1.807) is 12.1 Å². The molecule has 0 unspecified atom stereocenters. The van der Waals surface area contributed by atoms with Crippen LogP contribution in [0.5, 0.6) is 17.2 Å². The molecular weight excluding hydrogens is 296 g/mol. The Morgan fingerprint density at radius 2 is 1.87 bits per heavy atom. The molecule has 0 amide bonds. The standard InChI is InChI=1S/C18H18O5/c1-12(13-6-4-3-5-7-13)23-18(19)14-10-15(20-2)17-16(11-14)21-8-9-22-17/h3-7,10-12H,8-9H2,1-2H3/t12-/m1/s1. The van der Waals surface area contributed by atoms with Crippen LogP contribution >= 0.6 is 0 Å². The zero-order valence-electron chi connectivity index (χ0n) is 13.1. The van der Waals surface area contributed by atoms with E-state index in [4.69, 9.17) is 18.9 Å². The van der Waals surface area contributed by atoms with Crippen LogP contribution in [-0.4, -0.2) is 26.3 Å². The Morgan fingerprint density at radius 1 is 1.13 bits per heavy atom. The third kappa shape index (κ3) is 3.23. The van der Waals surface area contributed by atoms with Gasteiger partial charge in [-0.15, -0.1) is 0 Å². The molecule has 0 saturated carbocycles. The molecule has 1 heterocycles. The van der Waals surface area contributed by atoms with E-state index in [-0.39, 0.29) is 6.10 Å². The van der Waals surface area contributed by atoms with Crippen LogP contribution < -0.4 is 14.2 Å². The number of fused-ring (bicyclic) bond motifs is 1. The third-order valence-corrected chi connectivity index (χ3v) is 3.62. The van der Waals surface area contributed by atoms with Crippen molar-refractivity contribution in [2.24, 2.45) is 0 Å². The Bertz CT molecular complexity index is 679. The molecule has 0 aliphatic carbocycles. The monoisotopic (exact) mass is 314 g/mol. The first-order valence-electron chi connectivity index (χ1n) is 7.42. The first-order chi connectivity index (χ1) is 11.2. The molecule has 5 heteroatoms. The van der Waals surface area contributed by atoms with Gasteiger partial charge in [-0.25, -0.2) is 4.79 Å². The summed E-state index contributed by atoms with van der Waals surface area (Å²) < 4.78 is 21.9. The topological polar surface area (TPSA) is 54.0 Å². The minimum absolute atomic E-state index is 0.345. The van der Waals surface area contributed by atoms with Gasteiger partial charge in [0.25, 0.3) is 0 Å². The average Bonchev–Trinajstić information content (AvgIpc) is 2.61. The van der Waals surface area contributed by atoms with Gasteiger partial charge in [0.05, 0.1) is 12.7 Å². The molecular formula is C18H18O5. The van der Waals surface area contributed by atoms with E-state index in [0.717, 1.165) is 5.56 Å². The normalized spacial score (nSPS) is 14.0. The number of hydrogen-bond acceptors (Lipinski definition) is 5. The maximum absolute atomic E-state index is 12.4. The fourth-order valence-electron chi connectivity index (χ4n) is 2.41. The smallest absolute Gasteiger partial charge is 0.339 e. The van der Waals surface area contributed by atoms with E-state index in [9.17, 15) is 4.79 Å². The Labute approximate surface area is 134 Å². The van der Waals surface area contributed by atoms with Crippen molar-refractivity contribution < 1.29 is 23.7 Å². The molecule has 23 heavy (non-hydrogen) atoms. The molecule has 2 aromatic carbocycles. The van der Waals surface area contributed by atoms with Crippen LogP contribution in [-0.2, 0) is 4.74 Å². The van der Waals surface area contributed by atoms with Gasteiger partial charge in [-0.05, 0) is 24.6 Å². The quantitative estimate of drug-likeness (QED) is 0.810. The van der Waals surface area contributed by atoms with Crippen LogP contribution in [0, 0.1) is 0 Å². The lowest BCUT2D eigenvalue weighted by atomic mass is 10.1. The summed E-state index contributed by atoms with van der Waals surface area (Å²) in [6.45, 7) is 2.73. The Kier molecular flexibility index (Phi) is 4.37. The molecule has 0 radical (unpaired) electrons. The van der Waals surface area contributed by atoms with Gasteiger partial charge in [0, 0.05) is 0 Å². The first-order valence-corrected chi connectivity index (χ1v) is 7.42. The third-order valence-electron chi connectivity index (χ3n) is 3.62. The number of methoxy groups -OCH3 is 1. The second kappa shape index (κ2) is 6.60. The summed E-state index contributed by atoms with van der Waals surface area (Å²) in [6, 6.07) is 12.8. The van der Waals surface area contributed by atoms with Crippen molar-refractivity contribution >= 4 is 5.97 Å². The number of ether oxygens (including phenoxy) is 4. The highest BCUT2D eigenvalue weighted by Crippen LogP contribution is 2.40. The van der Waals surface area contributed by atoms with Crippen LogP contribution in [0.1, 0.15) is 28.9 Å². The van der Waals surface area contributed by atoms with Crippen LogP contribution in [0.15, 0.2) is 42.5 Å². The van der Waals surface area contributed by atoms with Crippen LogP contribution in [0.25, 0.3) is 0 Å². The van der Waals surface area contributed by atoms with Gasteiger partial charge >= 0.3 is 5.97 Å². The van der Waals surface area contributed by atoms with E-state index in [2.05, 4.69) is 0 Å². The van der Waals surface area contributed by atoms with Crippen molar-refractivity contribution in [3.05, 3.63) is 53.6 Å². The molecule has 3 rings (SSSR count). The van der Waals surface area contributed by atoms with Gasteiger partial charge in [-0.3, -0.25) is 0 Å². The lowest BCUT2D eigenvalue weighted by molar-refractivity contribution is 0.0336. The number of benzene rings is 2. The summed E-state index contributed by atoms with van der Waals surface area (Å²) in [7, 11) is 1.52. The second-order valence-corrected chi connectivity index (χ2v) is 5.16. The Balaban J connectivity index is 1.82.